The van der Waals surface area contributed by atoms with Crippen LogP contribution in [-0.2, 0) is 16.0 Å². The van der Waals surface area contributed by atoms with Gasteiger partial charge in [-0.2, -0.15) is 0 Å². The lowest BCUT2D eigenvalue weighted by Gasteiger charge is -2.19. The van der Waals surface area contributed by atoms with Crippen molar-refractivity contribution in [1.29, 1.82) is 0 Å². The molecular formula is C21H23ClO3S. The van der Waals surface area contributed by atoms with E-state index in [4.69, 9.17) is 16.3 Å². The predicted molar refractivity (Wildman–Crippen MR) is 106 cm³/mol. The van der Waals surface area contributed by atoms with Crippen LogP contribution in [0.25, 0.3) is 10.4 Å². The van der Waals surface area contributed by atoms with E-state index < -0.39 is 0 Å². The summed E-state index contributed by atoms with van der Waals surface area (Å²) in [6.07, 6.45) is 5.60. The van der Waals surface area contributed by atoms with Gasteiger partial charge in [0.05, 0.1) is 17.9 Å². The molecule has 138 valence electrons. The van der Waals surface area contributed by atoms with Gasteiger partial charge in [0.25, 0.3) is 0 Å². The molecule has 0 unspecified atom stereocenters. The maximum atomic E-state index is 12.9. The van der Waals surface area contributed by atoms with Crippen molar-refractivity contribution in [2.45, 2.75) is 45.4 Å². The topological polar surface area (TPSA) is 43.4 Å². The maximum absolute atomic E-state index is 12.9. The second kappa shape index (κ2) is 8.83. The summed E-state index contributed by atoms with van der Waals surface area (Å²) < 4.78 is 5.10. The van der Waals surface area contributed by atoms with Crippen molar-refractivity contribution in [3.63, 3.8) is 0 Å². The second-order valence-electron chi connectivity index (χ2n) is 6.65. The predicted octanol–water partition coefficient (Wildman–Crippen LogP) is 5.94. The Hall–Kier alpha value is -1.65. The highest BCUT2D eigenvalue weighted by molar-refractivity contribution is 7.17. The van der Waals surface area contributed by atoms with Gasteiger partial charge in [-0.1, -0.05) is 43.0 Å². The number of thiophene rings is 1. The van der Waals surface area contributed by atoms with Gasteiger partial charge in [-0.25, -0.2) is 0 Å². The molecule has 1 fully saturated rings. The van der Waals surface area contributed by atoms with E-state index in [2.05, 4.69) is 0 Å². The molecule has 2 aromatic rings. The minimum absolute atomic E-state index is 0.121. The molecule has 3 rings (SSSR count). The fourth-order valence-corrected chi connectivity index (χ4v) is 4.79. The number of Topliss-reactive ketones (excluding diaryl/α,β-unsaturated/α-hetero) is 1. The van der Waals surface area contributed by atoms with Gasteiger partial charge >= 0.3 is 5.97 Å². The van der Waals surface area contributed by atoms with E-state index in [0.29, 0.717) is 11.6 Å². The normalized spacial score (nSPS) is 15.0. The van der Waals surface area contributed by atoms with Gasteiger partial charge in [-0.05, 0) is 49.1 Å². The van der Waals surface area contributed by atoms with E-state index in [-0.39, 0.29) is 24.1 Å². The molecule has 0 aliphatic heterocycles. The monoisotopic (exact) mass is 390 g/mol. The van der Waals surface area contributed by atoms with Crippen molar-refractivity contribution in [3.8, 4) is 10.4 Å². The highest BCUT2D eigenvalue weighted by Crippen LogP contribution is 2.37. The van der Waals surface area contributed by atoms with Crippen LogP contribution in [0.4, 0.5) is 0 Å². The van der Waals surface area contributed by atoms with Crippen molar-refractivity contribution >= 4 is 34.7 Å². The van der Waals surface area contributed by atoms with Gasteiger partial charge in [-0.3, -0.25) is 9.59 Å². The number of esters is 1. The molecule has 0 N–H and O–H groups in total. The summed E-state index contributed by atoms with van der Waals surface area (Å²) >= 11 is 7.48. The van der Waals surface area contributed by atoms with E-state index in [1.54, 1.807) is 6.92 Å². The quantitative estimate of drug-likeness (QED) is 0.453. The number of carbonyl (C=O) groups excluding carboxylic acids is 2. The lowest BCUT2D eigenvalue weighted by molar-refractivity contribution is -0.142. The molecule has 0 spiro atoms. The Labute approximate surface area is 163 Å². The Bertz CT molecular complexity index is 773. The summed E-state index contributed by atoms with van der Waals surface area (Å²) in [5.74, 6) is 0.0770. The Morgan fingerprint density at radius 1 is 1.15 bits per heavy atom. The second-order valence-corrected chi connectivity index (χ2v) is 8.14. The summed E-state index contributed by atoms with van der Waals surface area (Å²) in [5.41, 5.74) is 1.83. The zero-order valence-electron chi connectivity index (χ0n) is 14.9. The largest absolute Gasteiger partial charge is 0.466 e. The molecule has 0 bridgehead atoms. The zero-order chi connectivity index (χ0) is 18.5. The molecule has 1 aromatic heterocycles. The van der Waals surface area contributed by atoms with Crippen LogP contribution in [0.5, 0.6) is 0 Å². The van der Waals surface area contributed by atoms with E-state index in [0.717, 1.165) is 46.6 Å². The van der Waals surface area contributed by atoms with E-state index in [1.807, 2.05) is 30.3 Å². The number of carbonyl (C=O) groups is 2. The van der Waals surface area contributed by atoms with Crippen LogP contribution in [0.15, 0.2) is 30.3 Å². The van der Waals surface area contributed by atoms with Crippen molar-refractivity contribution in [2.75, 3.05) is 6.61 Å². The van der Waals surface area contributed by atoms with Crippen LogP contribution in [-0.4, -0.2) is 18.4 Å². The summed E-state index contributed by atoms with van der Waals surface area (Å²) in [6.45, 7) is 2.15. The number of hydrogen-bond acceptors (Lipinski definition) is 4. The zero-order valence-corrected chi connectivity index (χ0v) is 16.5. The minimum Gasteiger partial charge on any atom is -0.466 e. The molecule has 0 radical (unpaired) electrons. The average Bonchev–Trinajstić information content (AvgIpc) is 3.06. The molecule has 1 heterocycles. The lowest BCUT2D eigenvalue weighted by Crippen LogP contribution is -2.16. The number of rotatable bonds is 6. The molecule has 0 saturated heterocycles. The van der Waals surface area contributed by atoms with Crippen molar-refractivity contribution in [1.82, 2.24) is 0 Å². The van der Waals surface area contributed by atoms with Crippen LogP contribution in [0.2, 0.25) is 5.02 Å². The van der Waals surface area contributed by atoms with E-state index >= 15 is 0 Å². The van der Waals surface area contributed by atoms with Crippen molar-refractivity contribution in [2.24, 2.45) is 5.92 Å². The Balaban J connectivity index is 1.92. The van der Waals surface area contributed by atoms with E-state index in [9.17, 15) is 9.59 Å². The SMILES string of the molecule is CCOC(=O)Cc1cc(C(=O)C2CCCCC2)sc1-c1ccc(Cl)cc1. The summed E-state index contributed by atoms with van der Waals surface area (Å²) in [4.78, 5) is 26.6. The molecule has 1 aliphatic carbocycles. The highest BCUT2D eigenvalue weighted by Gasteiger charge is 2.25. The third kappa shape index (κ3) is 4.54. The van der Waals surface area contributed by atoms with Gasteiger partial charge in [0, 0.05) is 15.8 Å². The Morgan fingerprint density at radius 3 is 2.50 bits per heavy atom. The van der Waals surface area contributed by atoms with Crippen LogP contribution < -0.4 is 0 Å². The first-order valence-corrected chi connectivity index (χ1v) is 10.4. The summed E-state index contributed by atoms with van der Waals surface area (Å²) in [5, 5.41) is 0.663. The van der Waals surface area contributed by atoms with Gasteiger partial charge in [0.1, 0.15) is 0 Å². The lowest BCUT2D eigenvalue weighted by atomic mass is 9.85. The molecular weight excluding hydrogens is 368 g/mol. The van der Waals surface area contributed by atoms with Gasteiger partial charge in [0.15, 0.2) is 5.78 Å². The minimum atomic E-state index is -0.267. The molecule has 5 heteroatoms. The Morgan fingerprint density at radius 2 is 1.85 bits per heavy atom. The third-order valence-electron chi connectivity index (χ3n) is 4.77. The number of benzene rings is 1. The first kappa shape index (κ1) is 19.1. The maximum Gasteiger partial charge on any atom is 0.310 e. The molecule has 1 saturated carbocycles. The summed E-state index contributed by atoms with van der Waals surface area (Å²) in [6, 6.07) is 9.40. The number of hydrogen-bond donors (Lipinski definition) is 0. The molecule has 1 aromatic carbocycles. The summed E-state index contributed by atoms with van der Waals surface area (Å²) in [7, 11) is 0. The van der Waals surface area contributed by atoms with Crippen LogP contribution >= 0.6 is 22.9 Å². The first-order chi connectivity index (χ1) is 12.6. The number of ether oxygens (including phenoxy) is 1. The van der Waals surface area contributed by atoms with E-state index in [1.165, 1.54) is 17.8 Å². The molecule has 26 heavy (non-hydrogen) atoms. The van der Waals surface area contributed by atoms with Crippen LogP contribution in [0, 0.1) is 5.92 Å². The van der Waals surface area contributed by atoms with Gasteiger partial charge in [0.2, 0.25) is 0 Å². The average molecular weight is 391 g/mol. The Kier molecular flexibility index (Phi) is 6.49. The fraction of sp³-hybridized carbons (Fsp3) is 0.429. The standard InChI is InChI=1S/C21H23ClO3S/c1-2-25-19(23)13-16-12-18(20(24)14-6-4-3-5-7-14)26-21(16)15-8-10-17(22)11-9-15/h8-12,14H,2-7,13H2,1H3. The molecule has 3 nitrogen and oxygen atoms in total. The molecule has 0 atom stereocenters. The van der Waals surface area contributed by atoms with Crippen LogP contribution in [0.3, 0.4) is 0 Å². The third-order valence-corrected chi connectivity index (χ3v) is 6.27. The van der Waals surface area contributed by atoms with Gasteiger partial charge in [-0.15, -0.1) is 11.3 Å². The van der Waals surface area contributed by atoms with Crippen molar-refractivity contribution < 1.29 is 14.3 Å². The smallest absolute Gasteiger partial charge is 0.310 e. The molecule has 0 amide bonds. The fourth-order valence-electron chi connectivity index (χ4n) is 3.46. The first-order valence-electron chi connectivity index (χ1n) is 9.17. The molecule has 1 aliphatic rings. The highest BCUT2D eigenvalue weighted by atomic mass is 35.5. The number of halogens is 1. The van der Waals surface area contributed by atoms with Crippen molar-refractivity contribution in [3.05, 3.63) is 45.8 Å². The van der Waals surface area contributed by atoms with Gasteiger partial charge < -0.3 is 4.74 Å². The van der Waals surface area contributed by atoms with Crippen LogP contribution in [0.1, 0.15) is 54.3 Å². The number of ketones is 1.